The van der Waals surface area contributed by atoms with Crippen molar-refractivity contribution in [2.75, 3.05) is 13.7 Å². The average molecular weight is 355 g/mol. The Morgan fingerprint density at radius 1 is 1.04 bits per heavy atom. The number of amides is 1. The van der Waals surface area contributed by atoms with E-state index in [2.05, 4.69) is 5.32 Å². The van der Waals surface area contributed by atoms with Gasteiger partial charge in [0.05, 0.1) is 7.11 Å². The molecule has 0 radical (unpaired) electrons. The van der Waals surface area contributed by atoms with E-state index in [9.17, 15) is 14.4 Å². The molecular formula is C20H21NO5. The Bertz CT molecular complexity index is 798. The Labute approximate surface area is 152 Å². The molecule has 0 bridgehead atoms. The standard InChI is InChI=1S/C20H21NO5/c1-13-5-4-6-16(11-13)20(24)21-12-18(22)26-14(2)19(23)15-7-9-17(25-3)10-8-15/h4-11,14H,12H2,1-3H3,(H,21,24)/t14-/m1/s1. The van der Waals surface area contributed by atoms with Gasteiger partial charge in [-0.1, -0.05) is 17.7 Å². The lowest BCUT2D eigenvalue weighted by molar-refractivity contribution is -0.145. The summed E-state index contributed by atoms with van der Waals surface area (Å²) in [6.07, 6.45) is -0.952. The molecule has 0 heterocycles. The van der Waals surface area contributed by atoms with Crippen molar-refractivity contribution in [1.82, 2.24) is 5.32 Å². The van der Waals surface area contributed by atoms with Gasteiger partial charge in [0.1, 0.15) is 12.3 Å². The van der Waals surface area contributed by atoms with E-state index in [1.807, 2.05) is 13.0 Å². The van der Waals surface area contributed by atoms with Crippen LogP contribution in [0.4, 0.5) is 0 Å². The van der Waals surface area contributed by atoms with Gasteiger partial charge in [0.15, 0.2) is 6.10 Å². The van der Waals surface area contributed by atoms with E-state index >= 15 is 0 Å². The summed E-state index contributed by atoms with van der Waals surface area (Å²) in [5.41, 5.74) is 1.81. The van der Waals surface area contributed by atoms with Crippen molar-refractivity contribution in [3.05, 3.63) is 65.2 Å². The van der Waals surface area contributed by atoms with Crippen molar-refractivity contribution in [3.63, 3.8) is 0 Å². The van der Waals surface area contributed by atoms with Crippen LogP contribution in [0.3, 0.4) is 0 Å². The molecule has 1 atom stereocenters. The highest BCUT2D eigenvalue weighted by Gasteiger charge is 2.20. The zero-order valence-electron chi connectivity index (χ0n) is 14.9. The van der Waals surface area contributed by atoms with Gasteiger partial charge in [-0.3, -0.25) is 14.4 Å². The highest BCUT2D eigenvalue weighted by atomic mass is 16.5. The number of nitrogens with one attached hydrogen (secondary N) is 1. The number of hydrogen-bond acceptors (Lipinski definition) is 5. The van der Waals surface area contributed by atoms with Gasteiger partial charge in [0, 0.05) is 11.1 Å². The molecule has 1 N–H and O–H groups in total. The topological polar surface area (TPSA) is 81.7 Å². The molecule has 0 unspecified atom stereocenters. The largest absolute Gasteiger partial charge is 0.497 e. The van der Waals surface area contributed by atoms with E-state index in [1.165, 1.54) is 14.0 Å². The Balaban J connectivity index is 1.86. The highest BCUT2D eigenvalue weighted by molar-refractivity contribution is 6.00. The number of Topliss-reactive ketones (excluding diaryl/α,β-unsaturated/α-hetero) is 1. The van der Waals surface area contributed by atoms with Gasteiger partial charge in [0.25, 0.3) is 5.91 Å². The second kappa shape index (κ2) is 8.80. The molecule has 0 saturated heterocycles. The first-order valence-corrected chi connectivity index (χ1v) is 8.13. The van der Waals surface area contributed by atoms with Gasteiger partial charge in [0.2, 0.25) is 5.78 Å². The van der Waals surface area contributed by atoms with Crippen LogP contribution in [0.15, 0.2) is 48.5 Å². The van der Waals surface area contributed by atoms with Crippen LogP contribution in [0.5, 0.6) is 5.75 Å². The molecular weight excluding hydrogens is 334 g/mol. The van der Waals surface area contributed by atoms with Crippen LogP contribution in [0, 0.1) is 6.92 Å². The first-order valence-electron chi connectivity index (χ1n) is 8.13. The summed E-state index contributed by atoms with van der Waals surface area (Å²) in [7, 11) is 1.53. The maximum Gasteiger partial charge on any atom is 0.326 e. The van der Waals surface area contributed by atoms with Crippen molar-refractivity contribution in [2.24, 2.45) is 0 Å². The first kappa shape index (κ1) is 19.2. The fourth-order valence-corrected chi connectivity index (χ4v) is 2.32. The lowest BCUT2D eigenvalue weighted by atomic mass is 10.1. The number of carbonyl (C=O) groups is 3. The predicted octanol–water partition coefficient (Wildman–Crippen LogP) is 2.55. The van der Waals surface area contributed by atoms with Crippen LogP contribution >= 0.6 is 0 Å². The summed E-state index contributed by atoms with van der Waals surface area (Å²) in [6.45, 7) is 3.05. The highest BCUT2D eigenvalue weighted by Crippen LogP contribution is 2.13. The Kier molecular flexibility index (Phi) is 6.49. The lowest BCUT2D eigenvalue weighted by Crippen LogP contribution is -2.34. The second-order valence-corrected chi connectivity index (χ2v) is 5.78. The maximum atomic E-state index is 12.3. The van der Waals surface area contributed by atoms with Gasteiger partial charge >= 0.3 is 5.97 Å². The molecule has 0 aliphatic heterocycles. The third kappa shape index (κ3) is 5.17. The van der Waals surface area contributed by atoms with Crippen LogP contribution in [0.25, 0.3) is 0 Å². The molecule has 0 aliphatic carbocycles. The number of benzene rings is 2. The summed E-state index contributed by atoms with van der Waals surface area (Å²) >= 11 is 0. The smallest absolute Gasteiger partial charge is 0.326 e. The molecule has 0 aromatic heterocycles. The molecule has 2 rings (SSSR count). The normalized spacial score (nSPS) is 11.3. The van der Waals surface area contributed by atoms with E-state index in [0.29, 0.717) is 16.9 Å². The molecule has 0 fully saturated rings. The third-order valence-electron chi connectivity index (χ3n) is 3.73. The van der Waals surface area contributed by atoms with Crippen molar-refractivity contribution in [1.29, 1.82) is 0 Å². The quantitative estimate of drug-likeness (QED) is 0.610. The zero-order valence-corrected chi connectivity index (χ0v) is 14.9. The summed E-state index contributed by atoms with van der Waals surface area (Å²) in [4.78, 5) is 36.2. The molecule has 26 heavy (non-hydrogen) atoms. The van der Waals surface area contributed by atoms with Crippen molar-refractivity contribution in [2.45, 2.75) is 20.0 Å². The fourth-order valence-electron chi connectivity index (χ4n) is 2.32. The van der Waals surface area contributed by atoms with Crippen LogP contribution in [0.2, 0.25) is 0 Å². The van der Waals surface area contributed by atoms with Gasteiger partial charge in [-0.2, -0.15) is 0 Å². The van der Waals surface area contributed by atoms with E-state index in [4.69, 9.17) is 9.47 Å². The molecule has 2 aromatic rings. The van der Waals surface area contributed by atoms with Crippen LogP contribution in [-0.2, 0) is 9.53 Å². The van der Waals surface area contributed by atoms with Crippen LogP contribution in [0.1, 0.15) is 33.2 Å². The maximum absolute atomic E-state index is 12.3. The summed E-state index contributed by atoms with van der Waals surface area (Å²) < 4.78 is 10.1. The minimum atomic E-state index is -0.952. The minimum Gasteiger partial charge on any atom is -0.497 e. The summed E-state index contributed by atoms with van der Waals surface area (Å²) in [5, 5.41) is 2.48. The number of hydrogen-bond donors (Lipinski definition) is 1. The number of ether oxygens (including phenoxy) is 2. The molecule has 0 spiro atoms. The summed E-state index contributed by atoms with van der Waals surface area (Å²) in [6, 6.07) is 13.5. The van der Waals surface area contributed by atoms with E-state index in [-0.39, 0.29) is 18.2 Å². The van der Waals surface area contributed by atoms with Gasteiger partial charge in [-0.25, -0.2) is 0 Å². The number of ketones is 1. The number of methoxy groups -OCH3 is 1. The molecule has 6 heteroatoms. The molecule has 2 aromatic carbocycles. The van der Waals surface area contributed by atoms with Crippen molar-refractivity contribution in [3.8, 4) is 5.75 Å². The molecule has 0 aliphatic rings. The summed E-state index contributed by atoms with van der Waals surface area (Å²) in [5.74, 6) is -0.753. The molecule has 0 saturated carbocycles. The third-order valence-corrected chi connectivity index (χ3v) is 3.73. The Hall–Kier alpha value is -3.15. The van der Waals surface area contributed by atoms with Crippen LogP contribution < -0.4 is 10.1 Å². The van der Waals surface area contributed by atoms with E-state index < -0.39 is 12.1 Å². The van der Waals surface area contributed by atoms with Crippen molar-refractivity contribution < 1.29 is 23.9 Å². The number of rotatable bonds is 7. The van der Waals surface area contributed by atoms with Crippen LogP contribution in [-0.4, -0.2) is 37.4 Å². The second-order valence-electron chi connectivity index (χ2n) is 5.78. The molecule has 6 nitrogen and oxygen atoms in total. The first-order chi connectivity index (χ1) is 12.4. The van der Waals surface area contributed by atoms with Crippen molar-refractivity contribution >= 4 is 17.7 Å². The Morgan fingerprint density at radius 3 is 2.35 bits per heavy atom. The van der Waals surface area contributed by atoms with E-state index in [1.54, 1.807) is 42.5 Å². The fraction of sp³-hybridized carbons (Fsp3) is 0.250. The average Bonchev–Trinajstić information content (AvgIpc) is 2.65. The zero-order chi connectivity index (χ0) is 19.1. The number of aryl methyl sites for hydroxylation is 1. The Morgan fingerprint density at radius 2 is 1.73 bits per heavy atom. The van der Waals surface area contributed by atoms with Gasteiger partial charge in [-0.15, -0.1) is 0 Å². The van der Waals surface area contributed by atoms with E-state index in [0.717, 1.165) is 5.56 Å². The molecule has 1 amide bonds. The SMILES string of the molecule is COc1ccc(C(=O)[C@@H](C)OC(=O)CNC(=O)c2cccc(C)c2)cc1. The minimum absolute atomic E-state index is 0.312. The van der Waals surface area contributed by atoms with Gasteiger partial charge in [-0.05, 0) is 50.2 Å². The predicted molar refractivity (Wildman–Crippen MR) is 96.4 cm³/mol. The monoisotopic (exact) mass is 355 g/mol. The molecule has 136 valence electrons. The van der Waals surface area contributed by atoms with Gasteiger partial charge < -0.3 is 14.8 Å². The number of esters is 1. The lowest BCUT2D eigenvalue weighted by Gasteiger charge is -2.13. The number of carbonyl (C=O) groups excluding carboxylic acids is 3.